The molecule has 0 saturated heterocycles. The van der Waals surface area contributed by atoms with Crippen molar-refractivity contribution in [2.24, 2.45) is 0 Å². The number of unbranched alkanes of at least 4 members (excludes halogenated alkanes) is 1. The van der Waals surface area contributed by atoms with Crippen molar-refractivity contribution < 1.29 is 27.5 Å². The van der Waals surface area contributed by atoms with E-state index in [4.69, 9.17) is 5.11 Å². The first-order chi connectivity index (χ1) is 8.33. The first-order valence-corrected chi connectivity index (χ1v) is 5.38. The predicted octanol–water partition coefficient (Wildman–Crippen LogP) is 3.70. The highest BCUT2D eigenvalue weighted by Gasteiger charge is 2.34. The first-order valence-electron chi connectivity index (χ1n) is 5.38. The van der Waals surface area contributed by atoms with Crippen LogP contribution >= 0.6 is 0 Å². The second-order valence-corrected chi connectivity index (χ2v) is 3.93. The summed E-state index contributed by atoms with van der Waals surface area (Å²) in [5.74, 6) is -6.67. The van der Waals surface area contributed by atoms with Crippen LogP contribution in [0, 0.1) is 11.6 Å². The van der Waals surface area contributed by atoms with E-state index in [1.165, 1.54) is 0 Å². The summed E-state index contributed by atoms with van der Waals surface area (Å²) in [4.78, 5) is 10.2. The van der Waals surface area contributed by atoms with Gasteiger partial charge in [-0.1, -0.05) is 0 Å². The van der Waals surface area contributed by atoms with Gasteiger partial charge in [0.05, 0.1) is 5.56 Å². The van der Waals surface area contributed by atoms with E-state index >= 15 is 0 Å². The third-order valence-electron chi connectivity index (χ3n) is 2.45. The molecule has 0 spiro atoms. The number of rotatable bonds is 6. The summed E-state index contributed by atoms with van der Waals surface area (Å²) < 4.78 is 53.1. The summed E-state index contributed by atoms with van der Waals surface area (Å²) in [6.07, 6.45) is -0.931. The Morgan fingerprint density at radius 3 is 2.50 bits per heavy atom. The van der Waals surface area contributed by atoms with Gasteiger partial charge in [0.2, 0.25) is 0 Å². The average molecular weight is 264 g/mol. The Morgan fingerprint density at radius 1 is 1.22 bits per heavy atom. The second kappa shape index (κ2) is 5.84. The van der Waals surface area contributed by atoms with E-state index in [9.17, 15) is 22.4 Å². The number of carboxylic acids is 1. The lowest BCUT2D eigenvalue weighted by Gasteiger charge is -2.17. The summed E-state index contributed by atoms with van der Waals surface area (Å²) in [5.41, 5.74) is -0.988. The molecule has 0 saturated carbocycles. The molecule has 0 amide bonds. The van der Waals surface area contributed by atoms with E-state index in [1.54, 1.807) is 0 Å². The molecule has 0 atom stereocenters. The molecule has 6 heteroatoms. The van der Waals surface area contributed by atoms with Crippen molar-refractivity contribution in [3.8, 4) is 0 Å². The van der Waals surface area contributed by atoms with Gasteiger partial charge in [0.15, 0.2) is 0 Å². The third kappa shape index (κ3) is 4.01. The molecule has 18 heavy (non-hydrogen) atoms. The fourth-order valence-corrected chi connectivity index (χ4v) is 1.54. The number of halogens is 4. The van der Waals surface area contributed by atoms with Gasteiger partial charge < -0.3 is 5.11 Å². The molecule has 0 heterocycles. The zero-order valence-electron chi connectivity index (χ0n) is 9.43. The van der Waals surface area contributed by atoms with Crippen molar-refractivity contribution in [1.82, 2.24) is 0 Å². The molecule has 0 aliphatic heterocycles. The normalized spacial score (nSPS) is 11.6. The Balaban J connectivity index is 2.67. The molecular formula is C12H12F4O2. The van der Waals surface area contributed by atoms with Crippen LogP contribution in [0.1, 0.15) is 31.2 Å². The van der Waals surface area contributed by atoms with Gasteiger partial charge in [0.25, 0.3) is 5.92 Å². The van der Waals surface area contributed by atoms with Crippen molar-refractivity contribution in [2.45, 2.75) is 31.6 Å². The first kappa shape index (κ1) is 14.5. The van der Waals surface area contributed by atoms with E-state index in [0.29, 0.717) is 12.1 Å². The van der Waals surface area contributed by atoms with E-state index in [0.717, 1.165) is 6.07 Å². The van der Waals surface area contributed by atoms with Gasteiger partial charge in [-0.2, -0.15) is 0 Å². The molecule has 0 aromatic heterocycles. The monoisotopic (exact) mass is 264 g/mol. The average Bonchev–Trinajstić information content (AvgIpc) is 2.27. The van der Waals surface area contributed by atoms with Crippen LogP contribution in [0.4, 0.5) is 17.6 Å². The molecule has 100 valence electrons. The predicted molar refractivity (Wildman–Crippen MR) is 56.4 cm³/mol. The summed E-state index contributed by atoms with van der Waals surface area (Å²) in [6, 6.07) is 1.88. The molecule has 0 unspecified atom stereocenters. The Bertz CT molecular complexity index is 432. The number of alkyl halides is 2. The van der Waals surface area contributed by atoms with E-state index in [-0.39, 0.29) is 19.3 Å². The van der Waals surface area contributed by atoms with Crippen molar-refractivity contribution in [3.63, 3.8) is 0 Å². The van der Waals surface area contributed by atoms with Gasteiger partial charge in [-0.15, -0.1) is 0 Å². The van der Waals surface area contributed by atoms with Crippen LogP contribution in [0.25, 0.3) is 0 Å². The maximum Gasteiger partial charge on any atom is 0.303 e. The molecule has 1 rings (SSSR count). The molecule has 0 fully saturated rings. The molecule has 0 bridgehead atoms. The quantitative estimate of drug-likeness (QED) is 0.628. The number of hydrogen-bond donors (Lipinski definition) is 1. The van der Waals surface area contributed by atoms with Gasteiger partial charge in [-0.05, 0) is 31.0 Å². The highest BCUT2D eigenvalue weighted by molar-refractivity contribution is 5.66. The van der Waals surface area contributed by atoms with Crippen molar-refractivity contribution in [2.75, 3.05) is 0 Å². The van der Waals surface area contributed by atoms with E-state index in [2.05, 4.69) is 0 Å². The van der Waals surface area contributed by atoms with Crippen LogP contribution in [-0.2, 0) is 10.7 Å². The molecular weight excluding hydrogens is 252 g/mol. The fraction of sp³-hybridized carbons (Fsp3) is 0.417. The highest BCUT2D eigenvalue weighted by atomic mass is 19.3. The highest BCUT2D eigenvalue weighted by Crippen LogP contribution is 2.35. The fourth-order valence-electron chi connectivity index (χ4n) is 1.54. The van der Waals surface area contributed by atoms with Crippen LogP contribution in [-0.4, -0.2) is 11.1 Å². The number of aliphatic carboxylic acids is 1. The topological polar surface area (TPSA) is 37.3 Å². The lowest BCUT2D eigenvalue weighted by molar-refractivity contribution is -0.137. The van der Waals surface area contributed by atoms with Gasteiger partial charge >= 0.3 is 5.97 Å². The van der Waals surface area contributed by atoms with Crippen LogP contribution in [0.5, 0.6) is 0 Å². The SMILES string of the molecule is O=C(O)CCCCC(F)(F)c1cc(F)ccc1F. The van der Waals surface area contributed by atoms with Gasteiger partial charge in [-0.25, -0.2) is 17.6 Å². The lowest BCUT2D eigenvalue weighted by atomic mass is 10.0. The van der Waals surface area contributed by atoms with Crippen molar-refractivity contribution in [1.29, 1.82) is 0 Å². The molecule has 0 radical (unpaired) electrons. The summed E-state index contributed by atoms with van der Waals surface area (Å²) in [5, 5.41) is 8.34. The van der Waals surface area contributed by atoms with Crippen LogP contribution < -0.4 is 0 Å². The van der Waals surface area contributed by atoms with Gasteiger partial charge in [0, 0.05) is 12.8 Å². The standard InChI is InChI=1S/C12H12F4O2/c13-8-4-5-10(14)9(7-8)12(15,16)6-2-1-3-11(17)18/h4-5,7H,1-3,6H2,(H,17,18). The van der Waals surface area contributed by atoms with Crippen LogP contribution in [0.2, 0.25) is 0 Å². The number of benzene rings is 1. The van der Waals surface area contributed by atoms with E-state index < -0.39 is 35.5 Å². The maximum absolute atomic E-state index is 13.6. The van der Waals surface area contributed by atoms with Crippen molar-refractivity contribution in [3.05, 3.63) is 35.4 Å². The number of carboxylic acid groups (broad SMARTS) is 1. The number of carbonyl (C=O) groups is 1. The van der Waals surface area contributed by atoms with Crippen molar-refractivity contribution >= 4 is 5.97 Å². The minimum absolute atomic E-state index is 0.0713. The molecule has 1 N–H and O–H groups in total. The smallest absolute Gasteiger partial charge is 0.303 e. The summed E-state index contributed by atoms with van der Waals surface area (Å²) in [7, 11) is 0. The summed E-state index contributed by atoms with van der Waals surface area (Å²) >= 11 is 0. The Kier molecular flexibility index (Phi) is 4.69. The molecule has 0 aliphatic carbocycles. The molecule has 1 aromatic rings. The van der Waals surface area contributed by atoms with Crippen LogP contribution in [0.3, 0.4) is 0 Å². The number of hydrogen-bond acceptors (Lipinski definition) is 1. The summed E-state index contributed by atoms with van der Waals surface area (Å²) in [6.45, 7) is 0. The second-order valence-electron chi connectivity index (χ2n) is 3.93. The molecule has 2 nitrogen and oxygen atoms in total. The van der Waals surface area contributed by atoms with Gasteiger partial charge in [-0.3, -0.25) is 4.79 Å². The van der Waals surface area contributed by atoms with E-state index in [1.807, 2.05) is 0 Å². The largest absolute Gasteiger partial charge is 0.481 e. The minimum atomic E-state index is -3.50. The molecule has 1 aromatic carbocycles. The van der Waals surface area contributed by atoms with Crippen LogP contribution in [0.15, 0.2) is 18.2 Å². The Labute approximate surface area is 101 Å². The Hall–Kier alpha value is -1.59. The zero-order chi connectivity index (χ0) is 13.8. The zero-order valence-corrected chi connectivity index (χ0v) is 9.43. The van der Waals surface area contributed by atoms with Gasteiger partial charge in [0.1, 0.15) is 11.6 Å². The third-order valence-corrected chi connectivity index (χ3v) is 2.45. The Morgan fingerprint density at radius 2 is 1.89 bits per heavy atom. The minimum Gasteiger partial charge on any atom is -0.481 e. The maximum atomic E-state index is 13.6. The lowest BCUT2D eigenvalue weighted by Crippen LogP contribution is -2.16. The molecule has 0 aliphatic rings.